The zero-order valence-corrected chi connectivity index (χ0v) is 11.2. The van der Waals surface area contributed by atoms with Crippen LogP contribution in [0, 0.1) is 0 Å². The Labute approximate surface area is 115 Å². The van der Waals surface area contributed by atoms with Crippen molar-refractivity contribution in [1.82, 2.24) is 4.98 Å². The highest BCUT2D eigenvalue weighted by Gasteiger charge is 2.01. The molecule has 1 aromatic heterocycles. The molecule has 0 radical (unpaired) electrons. The third-order valence-corrected chi connectivity index (χ3v) is 3.21. The maximum Gasteiger partial charge on any atom is 0.221 e. The first kappa shape index (κ1) is 13.4. The standard InChI is InChI=1S/C13H14N4OS/c1-9(18)15-10-5-7-11(8-6-10)19-13-4-2-3-12(16-13)17-14/h2-8H,14H2,1H3,(H,15,18)(H,16,17). The largest absolute Gasteiger partial charge is 0.326 e. The zero-order chi connectivity index (χ0) is 13.7. The van der Waals surface area contributed by atoms with Gasteiger partial charge in [0.2, 0.25) is 5.91 Å². The summed E-state index contributed by atoms with van der Waals surface area (Å²) in [7, 11) is 0. The van der Waals surface area contributed by atoms with Crippen LogP contribution >= 0.6 is 11.8 Å². The highest BCUT2D eigenvalue weighted by Crippen LogP contribution is 2.27. The Morgan fingerprint density at radius 1 is 1.21 bits per heavy atom. The lowest BCUT2D eigenvalue weighted by molar-refractivity contribution is -0.114. The van der Waals surface area contributed by atoms with Gasteiger partial charge in [-0.2, -0.15) is 0 Å². The lowest BCUT2D eigenvalue weighted by Crippen LogP contribution is -2.08. The number of pyridine rings is 1. The predicted molar refractivity (Wildman–Crippen MR) is 76.9 cm³/mol. The van der Waals surface area contributed by atoms with E-state index in [4.69, 9.17) is 5.84 Å². The van der Waals surface area contributed by atoms with Gasteiger partial charge in [-0.1, -0.05) is 17.8 Å². The van der Waals surface area contributed by atoms with Gasteiger partial charge in [-0.3, -0.25) is 4.79 Å². The monoisotopic (exact) mass is 274 g/mol. The second-order valence-electron chi connectivity index (χ2n) is 3.81. The third-order valence-electron chi connectivity index (χ3n) is 2.27. The van der Waals surface area contributed by atoms with Crippen LogP contribution in [0.4, 0.5) is 11.5 Å². The van der Waals surface area contributed by atoms with Gasteiger partial charge in [0.1, 0.15) is 10.8 Å². The summed E-state index contributed by atoms with van der Waals surface area (Å²) in [6.45, 7) is 1.48. The summed E-state index contributed by atoms with van der Waals surface area (Å²) >= 11 is 1.53. The van der Waals surface area contributed by atoms with Crippen molar-refractivity contribution in [2.24, 2.45) is 5.84 Å². The molecule has 2 rings (SSSR count). The van der Waals surface area contributed by atoms with Gasteiger partial charge in [-0.15, -0.1) is 0 Å². The van der Waals surface area contributed by atoms with Gasteiger partial charge in [-0.05, 0) is 36.4 Å². The van der Waals surface area contributed by atoms with E-state index in [2.05, 4.69) is 15.7 Å². The maximum absolute atomic E-state index is 10.9. The second-order valence-corrected chi connectivity index (χ2v) is 4.91. The van der Waals surface area contributed by atoms with Gasteiger partial charge < -0.3 is 10.7 Å². The minimum atomic E-state index is -0.0798. The number of anilines is 2. The van der Waals surface area contributed by atoms with Crippen LogP contribution in [0.25, 0.3) is 0 Å². The lowest BCUT2D eigenvalue weighted by Gasteiger charge is -2.05. The van der Waals surface area contributed by atoms with Crippen LogP contribution < -0.4 is 16.6 Å². The first-order valence-electron chi connectivity index (χ1n) is 5.66. The number of carbonyl (C=O) groups excluding carboxylic acids is 1. The summed E-state index contributed by atoms with van der Waals surface area (Å²) in [5.74, 6) is 5.86. The molecule has 0 fully saturated rings. The van der Waals surface area contributed by atoms with Gasteiger partial charge in [0.25, 0.3) is 0 Å². The normalized spacial score (nSPS) is 10.0. The van der Waals surface area contributed by atoms with E-state index in [9.17, 15) is 4.79 Å². The Kier molecular flexibility index (Phi) is 4.38. The Morgan fingerprint density at radius 3 is 2.58 bits per heavy atom. The molecule has 0 saturated heterocycles. The van der Waals surface area contributed by atoms with E-state index in [0.717, 1.165) is 15.6 Å². The van der Waals surface area contributed by atoms with E-state index in [1.165, 1.54) is 18.7 Å². The van der Waals surface area contributed by atoms with Gasteiger partial charge >= 0.3 is 0 Å². The fraction of sp³-hybridized carbons (Fsp3) is 0.0769. The summed E-state index contributed by atoms with van der Waals surface area (Å²) in [4.78, 5) is 16.3. The minimum Gasteiger partial charge on any atom is -0.326 e. The number of hydrogen-bond acceptors (Lipinski definition) is 5. The molecule has 0 aliphatic carbocycles. The molecule has 4 N–H and O–H groups in total. The SMILES string of the molecule is CC(=O)Nc1ccc(Sc2cccc(NN)n2)cc1. The van der Waals surface area contributed by atoms with E-state index in [1.54, 1.807) is 6.07 Å². The smallest absolute Gasteiger partial charge is 0.221 e. The van der Waals surface area contributed by atoms with Crippen molar-refractivity contribution in [2.45, 2.75) is 16.8 Å². The quantitative estimate of drug-likeness (QED) is 0.589. The van der Waals surface area contributed by atoms with Crippen molar-refractivity contribution in [2.75, 3.05) is 10.7 Å². The molecular weight excluding hydrogens is 260 g/mol. The van der Waals surface area contributed by atoms with Crippen LogP contribution in [0.1, 0.15) is 6.92 Å². The number of nitrogens with zero attached hydrogens (tertiary/aromatic N) is 1. The third kappa shape index (κ3) is 3.97. The summed E-state index contributed by atoms with van der Waals surface area (Å²) < 4.78 is 0. The number of rotatable bonds is 4. The van der Waals surface area contributed by atoms with E-state index in [0.29, 0.717) is 5.82 Å². The van der Waals surface area contributed by atoms with Crippen LogP contribution in [-0.4, -0.2) is 10.9 Å². The predicted octanol–water partition coefficient (Wildman–Crippen LogP) is 2.48. The summed E-state index contributed by atoms with van der Waals surface area (Å²) in [6.07, 6.45) is 0. The van der Waals surface area contributed by atoms with E-state index < -0.39 is 0 Å². The second kappa shape index (κ2) is 6.21. The van der Waals surface area contributed by atoms with Gasteiger partial charge in [0.05, 0.1) is 0 Å². The molecule has 98 valence electrons. The molecule has 0 bridgehead atoms. The average molecular weight is 274 g/mol. The summed E-state index contributed by atoms with van der Waals surface area (Å²) in [6, 6.07) is 13.2. The molecular formula is C13H14N4OS. The number of nitrogens with two attached hydrogens (primary N) is 1. The number of carbonyl (C=O) groups is 1. The number of amides is 1. The van der Waals surface area contributed by atoms with Crippen molar-refractivity contribution in [3.8, 4) is 0 Å². The molecule has 0 spiro atoms. The zero-order valence-electron chi connectivity index (χ0n) is 10.4. The average Bonchev–Trinajstić information content (AvgIpc) is 2.41. The fourth-order valence-electron chi connectivity index (χ4n) is 1.48. The Hall–Kier alpha value is -2.05. The van der Waals surface area contributed by atoms with Crippen LogP contribution in [0.3, 0.4) is 0 Å². The van der Waals surface area contributed by atoms with Crippen molar-refractivity contribution in [3.05, 3.63) is 42.5 Å². The van der Waals surface area contributed by atoms with Crippen molar-refractivity contribution < 1.29 is 4.79 Å². The molecule has 5 nitrogen and oxygen atoms in total. The molecule has 2 aromatic rings. The van der Waals surface area contributed by atoms with Crippen LogP contribution in [-0.2, 0) is 4.79 Å². The highest BCUT2D eigenvalue weighted by atomic mass is 32.2. The fourth-order valence-corrected chi connectivity index (χ4v) is 2.29. The van der Waals surface area contributed by atoms with E-state index in [-0.39, 0.29) is 5.91 Å². The van der Waals surface area contributed by atoms with Crippen molar-refractivity contribution in [1.29, 1.82) is 0 Å². The highest BCUT2D eigenvalue weighted by molar-refractivity contribution is 7.99. The lowest BCUT2D eigenvalue weighted by atomic mass is 10.3. The number of hydrazine groups is 1. The Balaban J connectivity index is 2.08. The van der Waals surface area contributed by atoms with Crippen molar-refractivity contribution in [3.63, 3.8) is 0 Å². The van der Waals surface area contributed by atoms with E-state index >= 15 is 0 Å². The number of nitrogen functional groups attached to an aromatic ring is 1. The molecule has 1 heterocycles. The molecule has 6 heteroatoms. The van der Waals surface area contributed by atoms with E-state index in [1.807, 2.05) is 36.4 Å². The molecule has 1 aromatic carbocycles. The maximum atomic E-state index is 10.9. The number of benzene rings is 1. The van der Waals surface area contributed by atoms with Crippen LogP contribution in [0.2, 0.25) is 0 Å². The molecule has 0 aliphatic heterocycles. The van der Waals surface area contributed by atoms with Crippen LogP contribution in [0.5, 0.6) is 0 Å². The minimum absolute atomic E-state index is 0.0798. The molecule has 0 saturated carbocycles. The summed E-state index contributed by atoms with van der Waals surface area (Å²) in [5.41, 5.74) is 3.29. The molecule has 1 amide bonds. The van der Waals surface area contributed by atoms with Gasteiger partial charge in [0.15, 0.2) is 0 Å². The van der Waals surface area contributed by atoms with Crippen molar-refractivity contribution >= 4 is 29.2 Å². The number of hydrogen-bond donors (Lipinski definition) is 3. The number of aromatic nitrogens is 1. The Morgan fingerprint density at radius 2 is 1.95 bits per heavy atom. The number of nitrogens with one attached hydrogen (secondary N) is 2. The van der Waals surface area contributed by atoms with Gasteiger partial charge in [0, 0.05) is 17.5 Å². The molecule has 0 unspecified atom stereocenters. The Bertz CT molecular complexity index is 571. The first-order valence-corrected chi connectivity index (χ1v) is 6.48. The molecule has 0 aliphatic rings. The first-order chi connectivity index (χ1) is 9.17. The van der Waals surface area contributed by atoms with Crippen LogP contribution in [0.15, 0.2) is 52.4 Å². The van der Waals surface area contributed by atoms with Gasteiger partial charge in [-0.25, -0.2) is 10.8 Å². The molecule has 19 heavy (non-hydrogen) atoms. The summed E-state index contributed by atoms with van der Waals surface area (Å²) in [5, 5.41) is 3.57. The topological polar surface area (TPSA) is 80.0 Å². The molecule has 0 atom stereocenters.